The Balaban J connectivity index is 1.69. The van der Waals surface area contributed by atoms with E-state index < -0.39 is 0 Å². The second-order valence-corrected chi connectivity index (χ2v) is 5.80. The second-order valence-electron chi connectivity index (χ2n) is 5.80. The highest BCUT2D eigenvalue weighted by atomic mass is 16.3. The number of nitrogens with two attached hydrogens (primary N) is 1. The summed E-state index contributed by atoms with van der Waals surface area (Å²) >= 11 is 0. The van der Waals surface area contributed by atoms with Crippen molar-refractivity contribution in [1.82, 2.24) is 9.47 Å². The van der Waals surface area contributed by atoms with Crippen molar-refractivity contribution in [3.05, 3.63) is 28.7 Å². The number of rotatable bonds is 2. The van der Waals surface area contributed by atoms with E-state index in [2.05, 4.69) is 0 Å². The Kier molecular flexibility index (Phi) is 3.25. The average molecular weight is 277 g/mol. The lowest BCUT2D eigenvalue weighted by atomic mass is 10.00. The Morgan fingerprint density at radius 3 is 2.90 bits per heavy atom. The summed E-state index contributed by atoms with van der Waals surface area (Å²) < 4.78 is 1.34. The molecule has 1 aliphatic carbocycles. The predicted octanol–water partition coefficient (Wildman–Crippen LogP) is -0.340. The number of aliphatic hydroxyl groups is 1. The molecule has 0 aromatic carbocycles. The van der Waals surface area contributed by atoms with Gasteiger partial charge in [-0.2, -0.15) is 0 Å². The molecule has 1 amide bonds. The standard InChI is InChI=1S/C14H19N3O3/c15-10-2-4-13(19)17(6-10)8-14(20)16-5-9-1-3-12(18)11(9)7-16/h2,4,6,9,11-12,18H,1,3,5,7-8,15H2. The van der Waals surface area contributed by atoms with Crippen molar-refractivity contribution in [2.24, 2.45) is 11.8 Å². The van der Waals surface area contributed by atoms with Crippen molar-refractivity contribution in [2.75, 3.05) is 18.8 Å². The van der Waals surface area contributed by atoms with Crippen molar-refractivity contribution >= 4 is 11.6 Å². The Morgan fingerprint density at radius 1 is 1.35 bits per heavy atom. The number of aliphatic hydroxyl groups excluding tert-OH is 1. The smallest absolute Gasteiger partial charge is 0.251 e. The summed E-state index contributed by atoms with van der Waals surface area (Å²) in [5.74, 6) is 0.530. The molecular formula is C14H19N3O3. The molecule has 1 saturated carbocycles. The van der Waals surface area contributed by atoms with Crippen molar-refractivity contribution in [2.45, 2.75) is 25.5 Å². The second kappa shape index (κ2) is 4.94. The van der Waals surface area contributed by atoms with Crippen LogP contribution in [0.15, 0.2) is 23.1 Å². The van der Waals surface area contributed by atoms with Gasteiger partial charge >= 0.3 is 0 Å². The molecule has 2 heterocycles. The van der Waals surface area contributed by atoms with Gasteiger partial charge in [0.1, 0.15) is 6.54 Å². The topological polar surface area (TPSA) is 88.6 Å². The van der Waals surface area contributed by atoms with E-state index in [-0.39, 0.29) is 30.0 Å². The van der Waals surface area contributed by atoms with E-state index in [0.29, 0.717) is 24.7 Å². The zero-order valence-corrected chi connectivity index (χ0v) is 11.2. The fourth-order valence-corrected chi connectivity index (χ4v) is 3.36. The van der Waals surface area contributed by atoms with E-state index in [0.717, 1.165) is 12.8 Å². The zero-order valence-electron chi connectivity index (χ0n) is 11.2. The molecule has 1 aromatic heterocycles. The number of pyridine rings is 1. The van der Waals surface area contributed by atoms with Crippen LogP contribution in [0.25, 0.3) is 0 Å². The van der Waals surface area contributed by atoms with E-state index in [1.54, 1.807) is 4.90 Å². The van der Waals surface area contributed by atoms with Gasteiger partial charge in [0.05, 0.1) is 6.10 Å². The summed E-state index contributed by atoms with van der Waals surface area (Å²) in [6, 6.07) is 2.89. The lowest BCUT2D eigenvalue weighted by Crippen LogP contribution is -2.36. The Labute approximate surface area is 116 Å². The van der Waals surface area contributed by atoms with Gasteiger partial charge in [-0.25, -0.2) is 0 Å². The lowest BCUT2D eigenvalue weighted by molar-refractivity contribution is -0.131. The molecule has 3 unspecified atom stereocenters. The van der Waals surface area contributed by atoms with Crippen LogP contribution in [0.3, 0.4) is 0 Å². The molecule has 3 atom stereocenters. The molecular weight excluding hydrogens is 258 g/mol. The fourth-order valence-electron chi connectivity index (χ4n) is 3.36. The maximum absolute atomic E-state index is 12.3. The molecule has 0 radical (unpaired) electrons. The molecule has 1 aromatic rings. The first kappa shape index (κ1) is 13.2. The SMILES string of the molecule is Nc1ccc(=O)n(CC(=O)N2CC3CCC(O)C3C2)c1. The number of nitrogens with zero attached hydrogens (tertiary/aromatic N) is 2. The number of aromatic nitrogens is 1. The molecule has 108 valence electrons. The first-order valence-corrected chi connectivity index (χ1v) is 6.96. The van der Waals surface area contributed by atoms with Gasteiger partial charge in [0.2, 0.25) is 5.91 Å². The molecule has 2 aliphatic rings. The minimum Gasteiger partial charge on any atom is -0.398 e. The van der Waals surface area contributed by atoms with Crippen molar-refractivity contribution in [3.63, 3.8) is 0 Å². The van der Waals surface area contributed by atoms with Crippen molar-refractivity contribution in [1.29, 1.82) is 0 Å². The molecule has 1 saturated heterocycles. The van der Waals surface area contributed by atoms with Crippen LogP contribution in [0, 0.1) is 11.8 Å². The number of hydrogen-bond donors (Lipinski definition) is 2. The molecule has 6 nitrogen and oxygen atoms in total. The predicted molar refractivity (Wildman–Crippen MR) is 73.9 cm³/mol. The Hall–Kier alpha value is -1.82. The van der Waals surface area contributed by atoms with Crippen molar-refractivity contribution in [3.8, 4) is 0 Å². The van der Waals surface area contributed by atoms with Crippen LogP contribution in [0.1, 0.15) is 12.8 Å². The number of likely N-dealkylation sites (tertiary alicyclic amines) is 1. The molecule has 1 aliphatic heterocycles. The summed E-state index contributed by atoms with van der Waals surface area (Å²) in [5, 5.41) is 9.86. The van der Waals surface area contributed by atoms with Gasteiger partial charge in [-0.15, -0.1) is 0 Å². The average Bonchev–Trinajstić information content (AvgIpc) is 2.97. The summed E-state index contributed by atoms with van der Waals surface area (Å²) in [6.07, 6.45) is 3.03. The van der Waals surface area contributed by atoms with Gasteiger partial charge in [-0.1, -0.05) is 0 Å². The molecule has 0 spiro atoms. The Morgan fingerprint density at radius 2 is 2.15 bits per heavy atom. The van der Waals surface area contributed by atoms with E-state index in [9.17, 15) is 14.7 Å². The fraction of sp³-hybridized carbons (Fsp3) is 0.571. The largest absolute Gasteiger partial charge is 0.398 e. The third kappa shape index (κ3) is 2.31. The minimum absolute atomic E-state index is 0.0133. The van der Waals surface area contributed by atoms with Crippen LogP contribution in [0.5, 0.6) is 0 Å². The van der Waals surface area contributed by atoms with Gasteiger partial charge in [0.15, 0.2) is 0 Å². The first-order chi connectivity index (χ1) is 9.54. The van der Waals surface area contributed by atoms with Gasteiger partial charge in [-0.05, 0) is 24.8 Å². The van der Waals surface area contributed by atoms with Crippen LogP contribution in [-0.2, 0) is 11.3 Å². The van der Waals surface area contributed by atoms with Gasteiger partial charge < -0.3 is 20.3 Å². The normalized spacial score (nSPS) is 28.6. The van der Waals surface area contributed by atoms with E-state index in [1.165, 1.54) is 22.9 Å². The third-order valence-electron chi connectivity index (χ3n) is 4.48. The van der Waals surface area contributed by atoms with Gasteiger partial charge in [-0.3, -0.25) is 9.59 Å². The first-order valence-electron chi connectivity index (χ1n) is 6.96. The Bertz CT molecular complexity index is 583. The van der Waals surface area contributed by atoms with Gasteiger partial charge in [0.25, 0.3) is 5.56 Å². The molecule has 0 bridgehead atoms. The molecule has 3 N–H and O–H groups in total. The zero-order chi connectivity index (χ0) is 14.3. The number of carbonyl (C=O) groups excluding carboxylic acids is 1. The van der Waals surface area contributed by atoms with Crippen LogP contribution in [0.4, 0.5) is 5.69 Å². The molecule has 3 rings (SSSR count). The number of nitrogen functional groups attached to an aromatic ring is 1. The maximum atomic E-state index is 12.3. The maximum Gasteiger partial charge on any atom is 0.251 e. The van der Waals surface area contributed by atoms with E-state index in [4.69, 9.17) is 5.73 Å². The van der Waals surface area contributed by atoms with Crippen LogP contribution >= 0.6 is 0 Å². The molecule has 6 heteroatoms. The van der Waals surface area contributed by atoms with Crippen LogP contribution < -0.4 is 11.3 Å². The third-order valence-corrected chi connectivity index (χ3v) is 4.48. The lowest BCUT2D eigenvalue weighted by Gasteiger charge is -2.19. The van der Waals surface area contributed by atoms with Crippen LogP contribution in [-0.4, -0.2) is 39.7 Å². The van der Waals surface area contributed by atoms with E-state index >= 15 is 0 Å². The number of carbonyl (C=O) groups is 1. The monoisotopic (exact) mass is 277 g/mol. The van der Waals surface area contributed by atoms with Crippen molar-refractivity contribution < 1.29 is 9.90 Å². The van der Waals surface area contributed by atoms with E-state index in [1.807, 2.05) is 0 Å². The van der Waals surface area contributed by atoms with Gasteiger partial charge in [0, 0.05) is 37.0 Å². The number of hydrogen-bond acceptors (Lipinski definition) is 4. The highest BCUT2D eigenvalue weighted by molar-refractivity contribution is 5.76. The summed E-state index contributed by atoms with van der Waals surface area (Å²) in [6.45, 7) is 1.30. The number of anilines is 1. The molecule has 2 fully saturated rings. The summed E-state index contributed by atoms with van der Waals surface area (Å²) in [4.78, 5) is 25.7. The highest BCUT2D eigenvalue weighted by Crippen LogP contribution is 2.38. The summed E-state index contributed by atoms with van der Waals surface area (Å²) in [5.41, 5.74) is 5.87. The minimum atomic E-state index is -0.284. The highest BCUT2D eigenvalue weighted by Gasteiger charge is 2.43. The molecule has 20 heavy (non-hydrogen) atoms. The number of amides is 1. The number of fused-ring (bicyclic) bond motifs is 1. The van der Waals surface area contributed by atoms with Crippen LogP contribution in [0.2, 0.25) is 0 Å². The summed E-state index contributed by atoms with van der Waals surface area (Å²) in [7, 11) is 0. The quantitative estimate of drug-likeness (QED) is 0.774.